The molecule has 6 nitrogen and oxygen atoms in total. The number of rotatable bonds is 4. The summed E-state index contributed by atoms with van der Waals surface area (Å²) in [7, 11) is -2.74. The third kappa shape index (κ3) is 8.03. The Labute approximate surface area is 52.4 Å². The molecule has 0 saturated heterocycles. The lowest BCUT2D eigenvalue weighted by atomic mass is 11.3. The average Bonchev–Trinajstić information content (AvgIpc) is 1.63. The number of hydrogen-bond acceptors (Lipinski definition) is 4. The molecule has 0 bridgehead atoms. The van der Waals surface area contributed by atoms with Crippen LogP contribution < -0.4 is 10.9 Å². The van der Waals surface area contributed by atoms with Crippen LogP contribution in [0.15, 0.2) is 0 Å². The molecule has 0 aromatic carbocycles. The number of phosphoric acid groups is 1. The third-order valence-electron chi connectivity index (χ3n) is 0.482. The molecule has 56 valence electrons. The molecule has 0 fully saturated rings. The minimum Gasteiger partial charge on any atom is -0.303 e. The van der Waals surface area contributed by atoms with Gasteiger partial charge in [0.1, 0.15) is 6.73 Å². The number of hydrazine groups is 1. The van der Waals surface area contributed by atoms with Gasteiger partial charge in [0.25, 0.3) is 0 Å². The summed E-state index contributed by atoms with van der Waals surface area (Å²) in [6, 6.07) is 0. The van der Waals surface area contributed by atoms with E-state index in [2.05, 4.69) is 15.4 Å². The topological polar surface area (TPSA) is 90.8 Å². The molecule has 0 atom stereocenters. The Bertz CT molecular complexity index is 111. The second-order valence-electron chi connectivity index (χ2n) is 1.19. The van der Waals surface area contributed by atoms with Gasteiger partial charge in [-0.05, 0) is 7.05 Å². The van der Waals surface area contributed by atoms with Crippen LogP contribution in [0, 0.1) is 0 Å². The largest absolute Gasteiger partial charge is 0.470 e. The van der Waals surface area contributed by atoms with Gasteiger partial charge in [-0.1, -0.05) is 0 Å². The fourth-order valence-electron chi connectivity index (χ4n) is 0.189. The molecule has 0 aliphatic carbocycles. The summed E-state index contributed by atoms with van der Waals surface area (Å²) in [5.41, 5.74) is 4.76. The molecule has 4 N–H and O–H groups in total. The van der Waals surface area contributed by atoms with Crippen molar-refractivity contribution in [2.75, 3.05) is 13.8 Å². The van der Waals surface area contributed by atoms with Gasteiger partial charge in [0.05, 0.1) is 0 Å². The minimum absolute atomic E-state index is 0.221. The van der Waals surface area contributed by atoms with Crippen molar-refractivity contribution in [2.24, 2.45) is 0 Å². The predicted molar refractivity (Wildman–Crippen MR) is 30.2 cm³/mol. The third-order valence-corrected chi connectivity index (χ3v) is 0.947. The zero-order chi connectivity index (χ0) is 7.33. The van der Waals surface area contributed by atoms with Crippen molar-refractivity contribution in [2.45, 2.75) is 0 Å². The fraction of sp³-hybridized carbons (Fsp3) is 1.00. The van der Waals surface area contributed by atoms with E-state index in [4.69, 9.17) is 9.79 Å². The average molecular weight is 156 g/mol. The molecular formula is C2H9N2O4P. The minimum atomic E-state index is -4.30. The molecule has 0 aliphatic rings. The second-order valence-corrected chi connectivity index (χ2v) is 2.43. The lowest BCUT2D eigenvalue weighted by Crippen LogP contribution is -2.29. The first-order chi connectivity index (χ1) is 4.06. The first kappa shape index (κ1) is 9.03. The highest BCUT2D eigenvalue weighted by Gasteiger charge is 2.11. The van der Waals surface area contributed by atoms with Gasteiger partial charge in [-0.25, -0.2) is 9.99 Å². The van der Waals surface area contributed by atoms with Gasteiger partial charge in [-0.15, -0.1) is 0 Å². The molecule has 0 aliphatic heterocycles. The summed E-state index contributed by atoms with van der Waals surface area (Å²) >= 11 is 0. The Morgan fingerprint density at radius 2 is 2.22 bits per heavy atom. The van der Waals surface area contributed by atoms with E-state index in [1.165, 1.54) is 0 Å². The van der Waals surface area contributed by atoms with E-state index >= 15 is 0 Å². The summed E-state index contributed by atoms with van der Waals surface area (Å²) in [4.78, 5) is 16.1. The highest BCUT2D eigenvalue weighted by molar-refractivity contribution is 7.46. The van der Waals surface area contributed by atoms with Crippen LogP contribution in [-0.4, -0.2) is 23.6 Å². The Hall–Kier alpha value is 0.0300. The molecule has 0 saturated carbocycles. The first-order valence-electron chi connectivity index (χ1n) is 2.16. The Morgan fingerprint density at radius 1 is 1.67 bits per heavy atom. The summed E-state index contributed by atoms with van der Waals surface area (Å²) in [5.74, 6) is 0. The molecule has 0 heterocycles. The summed E-state index contributed by atoms with van der Waals surface area (Å²) < 4.78 is 13.9. The number of nitrogens with one attached hydrogen (secondary N) is 2. The Kier molecular flexibility index (Phi) is 3.96. The van der Waals surface area contributed by atoms with Gasteiger partial charge in [0.2, 0.25) is 0 Å². The van der Waals surface area contributed by atoms with E-state index in [-0.39, 0.29) is 6.73 Å². The van der Waals surface area contributed by atoms with E-state index in [0.717, 1.165) is 0 Å². The summed E-state index contributed by atoms with van der Waals surface area (Å²) in [5, 5.41) is 0. The van der Waals surface area contributed by atoms with E-state index < -0.39 is 7.82 Å². The molecule has 0 amide bonds. The summed E-state index contributed by atoms with van der Waals surface area (Å²) in [6.45, 7) is -0.221. The molecule has 0 spiro atoms. The zero-order valence-corrected chi connectivity index (χ0v) is 5.76. The highest BCUT2D eigenvalue weighted by Crippen LogP contribution is 2.34. The first-order valence-corrected chi connectivity index (χ1v) is 3.69. The van der Waals surface area contributed by atoms with Gasteiger partial charge in [-0.3, -0.25) is 9.95 Å². The highest BCUT2D eigenvalue weighted by atomic mass is 31.2. The zero-order valence-electron chi connectivity index (χ0n) is 4.87. The maximum atomic E-state index is 9.91. The van der Waals surface area contributed by atoms with Gasteiger partial charge >= 0.3 is 7.82 Å². The van der Waals surface area contributed by atoms with Crippen molar-refractivity contribution < 1.29 is 18.9 Å². The predicted octanol–water partition coefficient (Wildman–Crippen LogP) is -1.22. The van der Waals surface area contributed by atoms with E-state index in [0.29, 0.717) is 0 Å². The molecular weight excluding hydrogens is 147 g/mol. The van der Waals surface area contributed by atoms with Crippen molar-refractivity contribution in [3.8, 4) is 0 Å². The molecule has 0 unspecified atom stereocenters. The van der Waals surface area contributed by atoms with Crippen LogP contribution in [0.5, 0.6) is 0 Å². The van der Waals surface area contributed by atoms with E-state index in [1.54, 1.807) is 7.05 Å². The Balaban J connectivity index is 3.18. The molecule has 0 aromatic heterocycles. The van der Waals surface area contributed by atoms with Crippen LogP contribution in [-0.2, 0) is 9.09 Å². The normalized spacial score (nSPS) is 11.9. The maximum Gasteiger partial charge on any atom is 0.470 e. The van der Waals surface area contributed by atoms with Gasteiger partial charge in [0, 0.05) is 0 Å². The monoisotopic (exact) mass is 156 g/mol. The van der Waals surface area contributed by atoms with E-state index in [9.17, 15) is 4.57 Å². The van der Waals surface area contributed by atoms with Crippen molar-refractivity contribution >= 4 is 7.82 Å². The smallest absolute Gasteiger partial charge is 0.303 e. The lowest BCUT2D eigenvalue weighted by Gasteiger charge is -2.04. The second kappa shape index (κ2) is 3.94. The molecule has 9 heavy (non-hydrogen) atoms. The van der Waals surface area contributed by atoms with Gasteiger partial charge < -0.3 is 9.79 Å². The molecule has 0 rings (SSSR count). The number of hydrogen-bond donors (Lipinski definition) is 4. The van der Waals surface area contributed by atoms with Gasteiger partial charge in [-0.2, -0.15) is 0 Å². The van der Waals surface area contributed by atoms with Crippen molar-refractivity contribution in [1.29, 1.82) is 0 Å². The number of phosphoric ester groups is 1. The van der Waals surface area contributed by atoms with Crippen LogP contribution >= 0.6 is 7.82 Å². The van der Waals surface area contributed by atoms with Crippen LogP contribution in [0.3, 0.4) is 0 Å². The molecule has 7 heteroatoms. The summed E-state index contributed by atoms with van der Waals surface area (Å²) in [6.07, 6.45) is 0. The van der Waals surface area contributed by atoms with Crippen molar-refractivity contribution in [1.82, 2.24) is 10.9 Å². The van der Waals surface area contributed by atoms with Crippen LogP contribution in [0.25, 0.3) is 0 Å². The van der Waals surface area contributed by atoms with Gasteiger partial charge in [0.15, 0.2) is 0 Å². The quantitative estimate of drug-likeness (QED) is 0.176. The standard InChI is InChI=1S/C2H9N2O4P/c1-3-4-2-8-9(5,6)7/h3-4H,2H2,1H3,(H2,5,6,7). The molecule has 0 aromatic rings. The maximum absolute atomic E-state index is 9.91. The van der Waals surface area contributed by atoms with Crippen molar-refractivity contribution in [3.63, 3.8) is 0 Å². The van der Waals surface area contributed by atoms with E-state index in [1.807, 2.05) is 0 Å². The SMILES string of the molecule is CNNCOP(=O)(O)O. The lowest BCUT2D eigenvalue weighted by molar-refractivity contribution is 0.176. The molecule has 0 radical (unpaired) electrons. The van der Waals surface area contributed by atoms with Crippen LogP contribution in [0.2, 0.25) is 0 Å². The van der Waals surface area contributed by atoms with Crippen LogP contribution in [0.1, 0.15) is 0 Å². The fourth-order valence-corrected chi connectivity index (χ4v) is 0.421. The van der Waals surface area contributed by atoms with Crippen LogP contribution in [0.4, 0.5) is 0 Å². The Morgan fingerprint density at radius 3 is 2.56 bits per heavy atom. The van der Waals surface area contributed by atoms with Crippen molar-refractivity contribution in [3.05, 3.63) is 0 Å².